The van der Waals surface area contributed by atoms with E-state index in [2.05, 4.69) is 13.8 Å². The van der Waals surface area contributed by atoms with Gasteiger partial charge in [-0.3, -0.25) is 0 Å². The molecule has 2 aliphatic rings. The molecule has 14 heavy (non-hydrogen) atoms. The van der Waals surface area contributed by atoms with Crippen LogP contribution in [0.25, 0.3) is 0 Å². The molecule has 0 saturated carbocycles. The number of hydrogen-bond acceptors (Lipinski definition) is 4. The Morgan fingerprint density at radius 1 is 1.50 bits per heavy atom. The predicted octanol–water partition coefficient (Wildman–Crippen LogP) is 0.743. The number of esters is 1. The highest BCUT2D eigenvalue weighted by Gasteiger charge is 2.72. The van der Waals surface area contributed by atoms with Gasteiger partial charge in [0.15, 0.2) is 6.10 Å². The number of rotatable bonds is 2. The monoisotopic (exact) mass is 200 g/mol. The fraction of sp³-hybridized carbons (Fsp3) is 0.900. The summed E-state index contributed by atoms with van der Waals surface area (Å²) in [5.74, 6) is -0.258. The summed E-state index contributed by atoms with van der Waals surface area (Å²) in [4.78, 5) is 11.5. The van der Waals surface area contributed by atoms with Gasteiger partial charge in [-0.15, -0.1) is 0 Å². The van der Waals surface area contributed by atoms with Crippen LogP contribution in [0.5, 0.6) is 0 Å². The van der Waals surface area contributed by atoms with Crippen molar-refractivity contribution in [1.29, 1.82) is 0 Å². The maximum Gasteiger partial charge on any atom is 0.338 e. The summed E-state index contributed by atoms with van der Waals surface area (Å²) in [7, 11) is 0. The zero-order valence-electron chi connectivity index (χ0n) is 8.83. The van der Waals surface area contributed by atoms with Crippen molar-refractivity contribution in [2.45, 2.75) is 32.5 Å². The van der Waals surface area contributed by atoms with Gasteiger partial charge in [0.25, 0.3) is 0 Å². The van der Waals surface area contributed by atoms with Gasteiger partial charge in [-0.2, -0.15) is 0 Å². The number of carbonyl (C=O) groups is 1. The van der Waals surface area contributed by atoms with Gasteiger partial charge >= 0.3 is 5.97 Å². The molecule has 0 aliphatic carbocycles. The standard InChI is InChI=1S/C10H16O4/c1-4-13-8(11)7-10(14-7)6-12-5-9(10,2)3/h7H,4-6H2,1-3H3. The molecule has 2 saturated heterocycles. The highest BCUT2D eigenvalue weighted by atomic mass is 16.7. The van der Waals surface area contributed by atoms with Crippen LogP contribution in [0.1, 0.15) is 20.8 Å². The maximum atomic E-state index is 11.5. The van der Waals surface area contributed by atoms with Crippen LogP contribution in [-0.4, -0.2) is 37.5 Å². The summed E-state index contributed by atoms with van der Waals surface area (Å²) in [6.07, 6.45) is -0.417. The second kappa shape index (κ2) is 2.94. The topological polar surface area (TPSA) is 48.1 Å². The Bertz CT molecular complexity index is 261. The van der Waals surface area contributed by atoms with E-state index in [4.69, 9.17) is 14.2 Å². The molecule has 2 fully saturated rings. The summed E-state index contributed by atoms with van der Waals surface area (Å²) in [5.41, 5.74) is -0.510. The third kappa shape index (κ3) is 1.17. The van der Waals surface area contributed by atoms with Gasteiger partial charge in [-0.05, 0) is 6.92 Å². The van der Waals surface area contributed by atoms with Crippen molar-refractivity contribution in [3.63, 3.8) is 0 Å². The molecule has 2 heterocycles. The van der Waals surface area contributed by atoms with E-state index in [1.807, 2.05) is 0 Å². The molecule has 2 aliphatic heterocycles. The van der Waals surface area contributed by atoms with Gasteiger partial charge in [-0.25, -0.2) is 4.79 Å². The Morgan fingerprint density at radius 3 is 2.71 bits per heavy atom. The molecule has 4 nitrogen and oxygen atoms in total. The SMILES string of the molecule is CCOC(=O)C1OC12COCC2(C)C. The number of ether oxygens (including phenoxy) is 3. The first kappa shape index (κ1) is 9.93. The molecule has 4 heteroatoms. The molecule has 0 aromatic heterocycles. The minimum atomic E-state index is -0.417. The third-order valence-electron chi connectivity index (χ3n) is 3.12. The lowest BCUT2D eigenvalue weighted by Crippen LogP contribution is -2.36. The Labute approximate surface area is 83.5 Å². The molecule has 2 atom stereocenters. The zero-order chi connectivity index (χ0) is 10.4. The summed E-state index contributed by atoms with van der Waals surface area (Å²) < 4.78 is 15.8. The average Bonchev–Trinajstić information content (AvgIpc) is 2.74. The molecule has 0 bridgehead atoms. The van der Waals surface area contributed by atoms with Crippen molar-refractivity contribution >= 4 is 5.97 Å². The first-order chi connectivity index (χ1) is 6.53. The Hall–Kier alpha value is -0.610. The van der Waals surface area contributed by atoms with E-state index in [9.17, 15) is 4.79 Å². The number of epoxide rings is 1. The molecule has 1 spiro atoms. The Balaban J connectivity index is 2.06. The average molecular weight is 200 g/mol. The van der Waals surface area contributed by atoms with E-state index in [1.165, 1.54) is 0 Å². The molecule has 0 aromatic carbocycles. The smallest absolute Gasteiger partial charge is 0.338 e. The molecule has 0 radical (unpaired) electrons. The maximum absolute atomic E-state index is 11.5. The van der Waals surface area contributed by atoms with Crippen LogP contribution in [0.3, 0.4) is 0 Å². The highest BCUT2D eigenvalue weighted by molar-refractivity contribution is 5.80. The normalized spacial score (nSPS) is 38.6. The minimum Gasteiger partial charge on any atom is -0.464 e. The van der Waals surface area contributed by atoms with Gasteiger partial charge in [0.2, 0.25) is 0 Å². The van der Waals surface area contributed by atoms with Crippen LogP contribution >= 0.6 is 0 Å². The van der Waals surface area contributed by atoms with E-state index < -0.39 is 11.7 Å². The molecule has 2 rings (SSSR count). The van der Waals surface area contributed by atoms with Crippen LogP contribution in [0.4, 0.5) is 0 Å². The molecule has 2 unspecified atom stereocenters. The zero-order valence-corrected chi connectivity index (χ0v) is 8.83. The number of hydrogen-bond donors (Lipinski definition) is 0. The predicted molar refractivity (Wildman–Crippen MR) is 48.8 cm³/mol. The van der Waals surface area contributed by atoms with E-state index in [-0.39, 0.29) is 11.4 Å². The molecular weight excluding hydrogens is 184 g/mol. The fourth-order valence-corrected chi connectivity index (χ4v) is 2.03. The molecular formula is C10H16O4. The van der Waals surface area contributed by atoms with Crippen molar-refractivity contribution in [3.05, 3.63) is 0 Å². The molecule has 0 amide bonds. The van der Waals surface area contributed by atoms with Crippen molar-refractivity contribution in [2.75, 3.05) is 19.8 Å². The van der Waals surface area contributed by atoms with Crippen molar-refractivity contribution < 1.29 is 19.0 Å². The summed E-state index contributed by atoms with van der Waals surface area (Å²) in [6, 6.07) is 0. The lowest BCUT2D eigenvalue weighted by molar-refractivity contribution is -0.144. The van der Waals surface area contributed by atoms with Crippen molar-refractivity contribution in [3.8, 4) is 0 Å². The second-order valence-corrected chi connectivity index (χ2v) is 4.52. The summed E-state index contributed by atoms with van der Waals surface area (Å²) in [5, 5.41) is 0. The molecule has 0 N–H and O–H groups in total. The van der Waals surface area contributed by atoms with Crippen LogP contribution in [-0.2, 0) is 19.0 Å². The van der Waals surface area contributed by atoms with Crippen LogP contribution in [0.15, 0.2) is 0 Å². The Kier molecular flexibility index (Phi) is 2.08. The number of carbonyl (C=O) groups excluding carboxylic acids is 1. The van der Waals surface area contributed by atoms with E-state index in [0.717, 1.165) is 0 Å². The first-order valence-corrected chi connectivity index (χ1v) is 4.96. The van der Waals surface area contributed by atoms with E-state index in [0.29, 0.717) is 19.8 Å². The second-order valence-electron chi connectivity index (χ2n) is 4.52. The summed E-state index contributed by atoms with van der Waals surface area (Å²) in [6.45, 7) is 7.45. The van der Waals surface area contributed by atoms with Crippen molar-refractivity contribution in [1.82, 2.24) is 0 Å². The highest BCUT2D eigenvalue weighted by Crippen LogP contribution is 2.54. The van der Waals surface area contributed by atoms with Gasteiger partial charge in [0.1, 0.15) is 5.60 Å². The van der Waals surface area contributed by atoms with Crippen LogP contribution < -0.4 is 0 Å². The van der Waals surface area contributed by atoms with Gasteiger partial charge in [-0.1, -0.05) is 13.8 Å². The van der Waals surface area contributed by atoms with Crippen molar-refractivity contribution in [2.24, 2.45) is 5.41 Å². The van der Waals surface area contributed by atoms with Gasteiger partial charge in [0.05, 0.1) is 19.8 Å². The molecule has 80 valence electrons. The fourth-order valence-electron chi connectivity index (χ4n) is 2.03. The third-order valence-corrected chi connectivity index (χ3v) is 3.12. The lowest BCUT2D eigenvalue weighted by Gasteiger charge is -2.20. The van der Waals surface area contributed by atoms with Gasteiger partial charge < -0.3 is 14.2 Å². The minimum absolute atomic E-state index is 0.0928. The lowest BCUT2D eigenvalue weighted by atomic mass is 9.79. The summed E-state index contributed by atoms with van der Waals surface area (Å²) >= 11 is 0. The largest absolute Gasteiger partial charge is 0.464 e. The van der Waals surface area contributed by atoms with Crippen LogP contribution in [0.2, 0.25) is 0 Å². The Morgan fingerprint density at radius 2 is 2.21 bits per heavy atom. The first-order valence-electron chi connectivity index (χ1n) is 4.96. The molecule has 0 aromatic rings. The van der Waals surface area contributed by atoms with E-state index >= 15 is 0 Å². The van der Waals surface area contributed by atoms with Gasteiger partial charge in [0, 0.05) is 5.41 Å². The van der Waals surface area contributed by atoms with Crippen LogP contribution in [0, 0.1) is 5.41 Å². The van der Waals surface area contributed by atoms with E-state index in [1.54, 1.807) is 6.92 Å². The quantitative estimate of drug-likeness (QED) is 0.487.